The molecule has 2 aromatic rings. The van der Waals surface area contributed by atoms with Crippen molar-refractivity contribution in [3.05, 3.63) is 41.6 Å². The molecule has 0 unspecified atom stereocenters. The Kier molecular flexibility index (Phi) is 5.31. The van der Waals surface area contributed by atoms with Crippen molar-refractivity contribution in [1.82, 2.24) is 4.98 Å². The lowest BCUT2D eigenvalue weighted by molar-refractivity contribution is 0.122. The highest BCUT2D eigenvalue weighted by Gasteiger charge is 2.21. The van der Waals surface area contributed by atoms with Crippen LogP contribution in [0.2, 0.25) is 5.02 Å². The number of hydrogen-bond acceptors (Lipinski definition) is 6. The fourth-order valence-corrected chi connectivity index (χ4v) is 3.97. The number of ether oxygens (including phenoxy) is 2. The van der Waals surface area contributed by atoms with Crippen LogP contribution in [0.3, 0.4) is 0 Å². The zero-order chi connectivity index (χ0) is 17.9. The minimum absolute atomic E-state index is 0.0280. The molecule has 0 spiro atoms. The number of methoxy groups -OCH3 is 1. The van der Waals surface area contributed by atoms with Crippen LogP contribution in [0.25, 0.3) is 0 Å². The van der Waals surface area contributed by atoms with Crippen LogP contribution in [0.15, 0.2) is 41.4 Å². The third-order valence-electron chi connectivity index (χ3n) is 3.75. The van der Waals surface area contributed by atoms with E-state index >= 15 is 0 Å². The summed E-state index contributed by atoms with van der Waals surface area (Å²) < 4.78 is 38.1. The van der Waals surface area contributed by atoms with E-state index in [-0.39, 0.29) is 10.6 Å². The minimum atomic E-state index is -3.85. The number of halogens is 1. The average Bonchev–Trinajstić information content (AvgIpc) is 2.63. The molecule has 1 fully saturated rings. The van der Waals surface area contributed by atoms with Gasteiger partial charge in [-0.15, -0.1) is 0 Å². The summed E-state index contributed by atoms with van der Waals surface area (Å²) in [6.45, 7) is 2.84. The number of aromatic nitrogens is 1. The van der Waals surface area contributed by atoms with Crippen LogP contribution >= 0.6 is 11.6 Å². The number of sulfonamides is 1. The molecule has 0 saturated carbocycles. The van der Waals surface area contributed by atoms with Gasteiger partial charge in [-0.2, -0.15) is 0 Å². The molecule has 1 aromatic heterocycles. The van der Waals surface area contributed by atoms with E-state index in [9.17, 15) is 8.42 Å². The molecule has 2 heterocycles. The number of pyridine rings is 1. The summed E-state index contributed by atoms with van der Waals surface area (Å²) in [6.07, 6.45) is 1.49. The van der Waals surface area contributed by atoms with Gasteiger partial charge in [-0.05, 0) is 30.3 Å². The maximum atomic E-state index is 12.6. The molecule has 7 nitrogen and oxygen atoms in total. The Morgan fingerprint density at radius 2 is 2.00 bits per heavy atom. The van der Waals surface area contributed by atoms with Gasteiger partial charge in [0.2, 0.25) is 0 Å². The van der Waals surface area contributed by atoms with Crippen LogP contribution in [-0.2, 0) is 14.8 Å². The molecule has 1 aliphatic heterocycles. The molecule has 25 heavy (non-hydrogen) atoms. The fourth-order valence-electron chi connectivity index (χ4n) is 2.50. The van der Waals surface area contributed by atoms with Crippen molar-refractivity contribution in [3.8, 4) is 5.75 Å². The zero-order valence-corrected chi connectivity index (χ0v) is 15.2. The topological polar surface area (TPSA) is 80.8 Å². The van der Waals surface area contributed by atoms with E-state index in [0.29, 0.717) is 23.9 Å². The van der Waals surface area contributed by atoms with Crippen molar-refractivity contribution in [3.63, 3.8) is 0 Å². The summed E-state index contributed by atoms with van der Waals surface area (Å²) in [5.41, 5.74) is 0.360. The molecule has 0 radical (unpaired) electrons. The van der Waals surface area contributed by atoms with Gasteiger partial charge < -0.3 is 14.4 Å². The summed E-state index contributed by atoms with van der Waals surface area (Å²) in [5.74, 6) is 1.00. The predicted octanol–water partition coefficient (Wildman–Crippen LogP) is 2.38. The number of rotatable bonds is 5. The molecule has 9 heteroatoms. The van der Waals surface area contributed by atoms with Crippen LogP contribution in [-0.4, -0.2) is 46.8 Å². The van der Waals surface area contributed by atoms with Crippen LogP contribution in [0, 0.1) is 0 Å². The second-order valence-corrected chi connectivity index (χ2v) is 7.49. The maximum Gasteiger partial charge on any atom is 0.265 e. The first-order chi connectivity index (χ1) is 12.0. The van der Waals surface area contributed by atoms with Crippen molar-refractivity contribution >= 4 is 33.1 Å². The molecule has 134 valence electrons. The van der Waals surface area contributed by atoms with E-state index in [1.165, 1.54) is 25.4 Å². The lowest BCUT2D eigenvalue weighted by Crippen LogP contribution is -2.36. The van der Waals surface area contributed by atoms with E-state index in [0.717, 1.165) is 18.9 Å². The second-order valence-electron chi connectivity index (χ2n) is 5.41. The highest BCUT2D eigenvalue weighted by molar-refractivity contribution is 7.92. The quantitative estimate of drug-likeness (QED) is 0.853. The van der Waals surface area contributed by atoms with Crippen molar-refractivity contribution in [2.45, 2.75) is 4.90 Å². The lowest BCUT2D eigenvalue weighted by atomic mass is 10.3. The normalized spacial score (nSPS) is 15.0. The molecule has 3 rings (SSSR count). The van der Waals surface area contributed by atoms with Gasteiger partial charge in [-0.1, -0.05) is 11.6 Å². The van der Waals surface area contributed by atoms with Crippen LogP contribution in [0.5, 0.6) is 5.75 Å². The summed E-state index contributed by atoms with van der Waals surface area (Å²) in [6, 6.07) is 7.87. The number of morpholine rings is 1. The number of hydrogen-bond donors (Lipinski definition) is 1. The average molecular weight is 384 g/mol. The minimum Gasteiger partial charge on any atom is -0.495 e. The monoisotopic (exact) mass is 383 g/mol. The Labute approximate surface area is 151 Å². The van der Waals surface area contributed by atoms with E-state index in [1.54, 1.807) is 18.2 Å². The molecule has 1 aliphatic rings. The van der Waals surface area contributed by atoms with Gasteiger partial charge in [0.25, 0.3) is 10.0 Å². The molecule has 1 N–H and O–H groups in total. The van der Waals surface area contributed by atoms with E-state index < -0.39 is 10.0 Å². The Hall–Kier alpha value is -2.03. The molecule has 0 amide bonds. The maximum absolute atomic E-state index is 12.6. The molecule has 0 aliphatic carbocycles. The highest BCUT2D eigenvalue weighted by atomic mass is 35.5. The number of benzene rings is 1. The van der Waals surface area contributed by atoms with Crippen molar-refractivity contribution in [2.75, 3.05) is 43.0 Å². The first-order valence-electron chi connectivity index (χ1n) is 7.65. The van der Waals surface area contributed by atoms with E-state index in [4.69, 9.17) is 21.1 Å². The van der Waals surface area contributed by atoms with Gasteiger partial charge >= 0.3 is 0 Å². The fraction of sp³-hybridized carbons (Fsp3) is 0.312. The van der Waals surface area contributed by atoms with Gasteiger partial charge in [0.1, 0.15) is 16.5 Å². The number of anilines is 2. The third-order valence-corrected chi connectivity index (χ3v) is 5.39. The molecule has 1 saturated heterocycles. The van der Waals surface area contributed by atoms with Crippen LogP contribution < -0.4 is 14.4 Å². The Balaban J connectivity index is 1.80. The third kappa shape index (κ3) is 4.15. The van der Waals surface area contributed by atoms with Crippen molar-refractivity contribution < 1.29 is 17.9 Å². The summed E-state index contributed by atoms with van der Waals surface area (Å²) in [5, 5.41) is 0.307. The summed E-state index contributed by atoms with van der Waals surface area (Å²) in [4.78, 5) is 6.38. The first-order valence-corrected chi connectivity index (χ1v) is 9.51. The molecular formula is C16H18ClN3O4S. The Bertz CT molecular complexity index is 837. The number of nitrogens with one attached hydrogen (secondary N) is 1. The van der Waals surface area contributed by atoms with Gasteiger partial charge in [0, 0.05) is 18.1 Å². The lowest BCUT2D eigenvalue weighted by Gasteiger charge is -2.27. The summed E-state index contributed by atoms with van der Waals surface area (Å²) >= 11 is 5.91. The van der Waals surface area contributed by atoms with Crippen LogP contribution in [0.1, 0.15) is 0 Å². The first kappa shape index (κ1) is 17.8. The molecule has 1 aromatic carbocycles. The highest BCUT2D eigenvalue weighted by Crippen LogP contribution is 2.28. The number of nitrogens with zero attached hydrogens (tertiary/aromatic N) is 2. The predicted molar refractivity (Wildman–Crippen MR) is 96.1 cm³/mol. The van der Waals surface area contributed by atoms with Crippen LogP contribution in [0.4, 0.5) is 11.5 Å². The van der Waals surface area contributed by atoms with Gasteiger partial charge in [-0.3, -0.25) is 4.72 Å². The van der Waals surface area contributed by atoms with E-state index in [2.05, 4.69) is 14.6 Å². The van der Waals surface area contributed by atoms with E-state index in [1.807, 2.05) is 0 Å². The standard InChI is InChI=1S/C16H18ClN3O4S/c1-23-14-4-2-12(17)10-15(14)25(21,22)19-13-3-5-16(18-11-13)20-6-8-24-9-7-20/h2-5,10-11,19H,6-9H2,1H3. The molecule has 0 bridgehead atoms. The Morgan fingerprint density at radius 1 is 1.24 bits per heavy atom. The van der Waals surface area contributed by atoms with Gasteiger partial charge in [-0.25, -0.2) is 13.4 Å². The van der Waals surface area contributed by atoms with Crippen molar-refractivity contribution in [1.29, 1.82) is 0 Å². The second kappa shape index (κ2) is 7.47. The zero-order valence-electron chi connectivity index (χ0n) is 13.6. The largest absolute Gasteiger partial charge is 0.495 e. The van der Waals surface area contributed by atoms with Gasteiger partial charge in [0.15, 0.2) is 0 Å². The Morgan fingerprint density at radius 3 is 2.64 bits per heavy atom. The summed E-state index contributed by atoms with van der Waals surface area (Å²) in [7, 11) is -2.45. The molecular weight excluding hydrogens is 366 g/mol. The van der Waals surface area contributed by atoms with Gasteiger partial charge in [0.05, 0.1) is 32.2 Å². The van der Waals surface area contributed by atoms with Crippen molar-refractivity contribution in [2.24, 2.45) is 0 Å². The smallest absolute Gasteiger partial charge is 0.265 e. The molecule has 0 atom stereocenters. The SMILES string of the molecule is COc1ccc(Cl)cc1S(=O)(=O)Nc1ccc(N2CCOCC2)nc1.